The van der Waals surface area contributed by atoms with Crippen molar-refractivity contribution in [2.45, 2.75) is 6.42 Å². The van der Waals surface area contributed by atoms with Crippen molar-refractivity contribution in [1.82, 2.24) is 15.0 Å². The Morgan fingerprint density at radius 1 is 1.06 bits per heavy atom. The van der Waals surface area contributed by atoms with Gasteiger partial charge >= 0.3 is 0 Å². The summed E-state index contributed by atoms with van der Waals surface area (Å²) < 4.78 is 24.2. The molecule has 3 heterocycles. The molecule has 2 aromatic carbocycles. The van der Waals surface area contributed by atoms with Gasteiger partial charge in [-0.3, -0.25) is 0 Å². The summed E-state index contributed by atoms with van der Waals surface area (Å²) in [4.78, 5) is 14.4. The minimum absolute atomic E-state index is 0.305. The van der Waals surface area contributed by atoms with Crippen LogP contribution in [0.5, 0.6) is 17.4 Å². The SMILES string of the molecule is COc1ccc2[nH]cc(C3=CCN(c4nccc(Oc5ccc(F)cc5)n4)CC3)c2c1. The van der Waals surface area contributed by atoms with Crippen LogP contribution >= 0.6 is 0 Å². The number of anilines is 1. The molecule has 0 aliphatic carbocycles. The molecule has 1 aliphatic rings. The highest BCUT2D eigenvalue weighted by atomic mass is 19.1. The van der Waals surface area contributed by atoms with Crippen molar-refractivity contribution in [2.75, 3.05) is 25.1 Å². The number of H-pyrrole nitrogens is 1. The minimum Gasteiger partial charge on any atom is -0.497 e. The third kappa shape index (κ3) is 3.94. The van der Waals surface area contributed by atoms with E-state index in [9.17, 15) is 4.39 Å². The first-order chi connectivity index (χ1) is 15.2. The van der Waals surface area contributed by atoms with E-state index < -0.39 is 0 Å². The lowest BCUT2D eigenvalue weighted by Gasteiger charge is -2.26. The van der Waals surface area contributed by atoms with E-state index in [1.807, 2.05) is 12.1 Å². The smallest absolute Gasteiger partial charge is 0.228 e. The summed E-state index contributed by atoms with van der Waals surface area (Å²) in [5, 5.41) is 1.16. The zero-order chi connectivity index (χ0) is 21.2. The zero-order valence-corrected chi connectivity index (χ0v) is 17.0. The van der Waals surface area contributed by atoms with Gasteiger partial charge in [-0.05, 0) is 54.5 Å². The third-order valence-electron chi connectivity index (χ3n) is 5.38. The van der Waals surface area contributed by atoms with E-state index >= 15 is 0 Å². The number of benzene rings is 2. The first-order valence-corrected chi connectivity index (χ1v) is 10.1. The molecule has 0 saturated heterocycles. The molecule has 0 bridgehead atoms. The van der Waals surface area contributed by atoms with Crippen molar-refractivity contribution in [1.29, 1.82) is 0 Å². The molecule has 31 heavy (non-hydrogen) atoms. The van der Waals surface area contributed by atoms with Gasteiger partial charge in [0.1, 0.15) is 17.3 Å². The first kappa shape index (κ1) is 19.1. The van der Waals surface area contributed by atoms with E-state index in [1.54, 1.807) is 31.5 Å². The molecular weight excluding hydrogens is 395 g/mol. The molecule has 4 aromatic rings. The summed E-state index contributed by atoms with van der Waals surface area (Å²) in [6, 6.07) is 13.6. The molecule has 156 valence electrons. The van der Waals surface area contributed by atoms with Gasteiger partial charge in [-0.2, -0.15) is 4.98 Å². The maximum Gasteiger partial charge on any atom is 0.228 e. The van der Waals surface area contributed by atoms with Crippen molar-refractivity contribution in [3.05, 3.63) is 78.4 Å². The lowest BCUT2D eigenvalue weighted by molar-refractivity contribution is 0.415. The highest BCUT2D eigenvalue weighted by Gasteiger charge is 2.18. The Balaban J connectivity index is 1.34. The highest BCUT2D eigenvalue weighted by molar-refractivity contribution is 5.93. The number of hydrogen-bond donors (Lipinski definition) is 1. The van der Waals surface area contributed by atoms with Crippen molar-refractivity contribution in [3.63, 3.8) is 0 Å². The van der Waals surface area contributed by atoms with Gasteiger partial charge in [0.15, 0.2) is 0 Å². The fourth-order valence-electron chi connectivity index (χ4n) is 3.75. The van der Waals surface area contributed by atoms with Gasteiger partial charge in [0.25, 0.3) is 0 Å². The van der Waals surface area contributed by atoms with Gasteiger partial charge in [-0.1, -0.05) is 6.08 Å². The Bertz CT molecular complexity index is 1250. The van der Waals surface area contributed by atoms with E-state index in [1.165, 1.54) is 23.3 Å². The van der Waals surface area contributed by atoms with Crippen LogP contribution in [0.15, 0.2) is 67.0 Å². The van der Waals surface area contributed by atoms with Crippen LogP contribution in [-0.4, -0.2) is 35.2 Å². The first-order valence-electron chi connectivity index (χ1n) is 10.1. The predicted octanol–water partition coefficient (Wildman–Crippen LogP) is 5.19. The fraction of sp³-hybridized carbons (Fsp3) is 0.167. The molecule has 1 aliphatic heterocycles. The molecule has 0 saturated carbocycles. The summed E-state index contributed by atoms with van der Waals surface area (Å²) in [6.45, 7) is 1.49. The van der Waals surface area contributed by atoms with E-state index in [4.69, 9.17) is 9.47 Å². The summed E-state index contributed by atoms with van der Waals surface area (Å²) in [6.07, 6.45) is 6.81. The Hall–Kier alpha value is -3.87. The van der Waals surface area contributed by atoms with Crippen molar-refractivity contribution in [3.8, 4) is 17.4 Å². The lowest BCUT2D eigenvalue weighted by atomic mass is 9.99. The summed E-state index contributed by atoms with van der Waals surface area (Å²) in [7, 11) is 1.68. The van der Waals surface area contributed by atoms with E-state index in [2.05, 4.69) is 38.2 Å². The molecule has 2 aromatic heterocycles. The van der Waals surface area contributed by atoms with E-state index in [0.717, 1.165) is 29.6 Å². The van der Waals surface area contributed by atoms with Crippen LogP contribution in [0.25, 0.3) is 16.5 Å². The quantitative estimate of drug-likeness (QED) is 0.485. The van der Waals surface area contributed by atoms with Crippen LogP contribution in [0.2, 0.25) is 0 Å². The molecule has 7 heteroatoms. The van der Waals surface area contributed by atoms with Crippen LogP contribution in [0.4, 0.5) is 10.3 Å². The molecule has 0 spiro atoms. The molecule has 0 atom stereocenters. The Morgan fingerprint density at radius 3 is 2.68 bits per heavy atom. The molecule has 0 unspecified atom stereocenters. The molecule has 0 radical (unpaired) electrons. The lowest BCUT2D eigenvalue weighted by Crippen LogP contribution is -2.29. The largest absolute Gasteiger partial charge is 0.497 e. The van der Waals surface area contributed by atoms with Gasteiger partial charge in [0, 0.05) is 48.0 Å². The van der Waals surface area contributed by atoms with Crippen LogP contribution < -0.4 is 14.4 Å². The molecule has 0 amide bonds. The van der Waals surface area contributed by atoms with Crippen molar-refractivity contribution >= 4 is 22.4 Å². The Labute approximate surface area is 179 Å². The third-order valence-corrected chi connectivity index (χ3v) is 5.38. The number of nitrogens with zero attached hydrogens (tertiary/aromatic N) is 3. The minimum atomic E-state index is -0.305. The number of hydrogen-bond acceptors (Lipinski definition) is 5. The van der Waals surface area contributed by atoms with Gasteiger partial charge < -0.3 is 19.4 Å². The zero-order valence-electron chi connectivity index (χ0n) is 17.0. The normalized spacial score (nSPS) is 13.9. The Kier molecular flexibility index (Phi) is 5.00. The van der Waals surface area contributed by atoms with E-state index in [0.29, 0.717) is 24.1 Å². The summed E-state index contributed by atoms with van der Waals surface area (Å²) in [5.41, 5.74) is 3.57. The van der Waals surface area contributed by atoms with Crippen LogP contribution in [0, 0.1) is 5.82 Å². The second-order valence-electron chi connectivity index (χ2n) is 7.29. The molecule has 1 N–H and O–H groups in total. The number of nitrogens with one attached hydrogen (secondary N) is 1. The van der Waals surface area contributed by atoms with Gasteiger partial charge in [0.2, 0.25) is 11.8 Å². The number of ether oxygens (including phenoxy) is 2. The second-order valence-corrected chi connectivity index (χ2v) is 7.29. The van der Waals surface area contributed by atoms with Gasteiger partial charge in [-0.25, -0.2) is 9.37 Å². The number of methoxy groups -OCH3 is 1. The van der Waals surface area contributed by atoms with Crippen molar-refractivity contribution < 1.29 is 13.9 Å². The van der Waals surface area contributed by atoms with Crippen LogP contribution in [0.1, 0.15) is 12.0 Å². The van der Waals surface area contributed by atoms with Crippen LogP contribution in [-0.2, 0) is 0 Å². The summed E-state index contributed by atoms with van der Waals surface area (Å²) >= 11 is 0. The molecular formula is C24H21FN4O2. The van der Waals surface area contributed by atoms with Crippen molar-refractivity contribution in [2.24, 2.45) is 0 Å². The van der Waals surface area contributed by atoms with E-state index in [-0.39, 0.29) is 5.82 Å². The predicted molar refractivity (Wildman–Crippen MR) is 118 cm³/mol. The van der Waals surface area contributed by atoms with Gasteiger partial charge in [0.05, 0.1) is 7.11 Å². The van der Waals surface area contributed by atoms with Crippen LogP contribution in [0.3, 0.4) is 0 Å². The molecule has 5 rings (SSSR count). The summed E-state index contributed by atoms with van der Waals surface area (Å²) in [5.74, 6) is 2.10. The maximum absolute atomic E-state index is 13.1. The molecule has 6 nitrogen and oxygen atoms in total. The van der Waals surface area contributed by atoms with Gasteiger partial charge in [-0.15, -0.1) is 0 Å². The standard InChI is InChI=1S/C24H21FN4O2/c1-30-19-6-7-22-20(14-19)21(15-27-22)16-9-12-29(13-10-16)24-26-11-8-23(28-24)31-18-4-2-17(25)3-5-18/h2-9,11,14-15,27H,10,12-13H2,1H3. The Morgan fingerprint density at radius 2 is 1.90 bits per heavy atom. The second kappa shape index (κ2) is 8.10. The highest BCUT2D eigenvalue weighted by Crippen LogP contribution is 2.32. The maximum atomic E-state index is 13.1. The average molecular weight is 416 g/mol. The number of fused-ring (bicyclic) bond motifs is 1. The fourth-order valence-corrected chi connectivity index (χ4v) is 3.75. The number of aromatic nitrogens is 3. The number of halogens is 1. The topological polar surface area (TPSA) is 63.3 Å². The number of rotatable bonds is 5. The monoisotopic (exact) mass is 416 g/mol. The number of aromatic amines is 1. The molecule has 0 fully saturated rings. The average Bonchev–Trinajstić information content (AvgIpc) is 3.24.